The number of carbonyl (C=O) groups excluding carboxylic acids is 2. The van der Waals surface area contributed by atoms with Gasteiger partial charge in [-0.1, -0.05) is 22.7 Å². The van der Waals surface area contributed by atoms with Crippen molar-refractivity contribution in [2.75, 3.05) is 6.54 Å². The zero-order valence-corrected chi connectivity index (χ0v) is 17.3. The number of aryl methyl sites for hydroxylation is 1. The minimum atomic E-state index is -0.845. The van der Waals surface area contributed by atoms with Gasteiger partial charge in [-0.05, 0) is 53.2 Å². The average molecular weight is 431 g/mol. The van der Waals surface area contributed by atoms with E-state index in [9.17, 15) is 14.0 Å². The molecule has 1 atom stereocenters. The van der Waals surface area contributed by atoms with Gasteiger partial charge in [-0.15, -0.1) is 23.0 Å². The molecule has 2 aromatic heterocycles. The molecular formula is C20H19FN4O2S2. The van der Waals surface area contributed by atoms with E-state index in [4.69, 9.17) is 0 Å². The zero-order chi connectivity index (χ0) is 20.8. The maximum atomic E-state index is 13.2. The number of aromatic nitrogens is 2. The molecule has 0 unspecified atom stereocenters. The summed E-state index contributed by atoms with van der Waals surface area (Å²) in [7, 11) is 0. The van der Waals surface area contributed by atoms with Crippen LogP contribution in [0.4, 0.5) is 4.39 Å². The van der Waals surface area contributed by atoms with Gasteiger partial charge in [0.15, 0.2) is 5.69 Å². The van der Waals surface area contributed by atoms with E-state index in [1.54, 1.807) is 23.6 Å². The standard InChI is InChI=1S/C20H19FN4O2S2/c1-3-9-25(20(27)16-12-29-24-23-16)17(18-13(2)8-10-28-18)19(26)22-11-14-4-6-15(21)7-5-14/h3-8,10,12,17H,1,9,11H2,2H3,(H,22,26)/t17-/m0/s1. The Kier molecular flexibility index (Phi) is 6.84. The minimum absolute atomic E-state index is 0.169. The number of halogens is 1. The van der Waals surface area contributed by atoms with Crippen molar-refractivity contribution < 1.29 is 14.0 Å². The van der Waals surface area contributed by atoms with Gasteiger partial charge in [0, 0.05) is 23.3 Å². The van der Waals surface area contributed by atoms with Crippen molar-refractivity contribution in [3.05, 3.63) is 81.3 Å². The Morgan fingerprint density at radius 3 is 2.66 bits per heavy atom. The lowest BCUT2D eigenvalue weighted by atomic mass is 10.1. The highest BCUT2D eigenvalue weighted by atomic mass is 32.1. The predicted octanol–water partition coefficient (Wildman–Crippen LogP) is 3.73. The first kappa shape index (κ1) is 20.8. The van der Waals surface area contributed by atoms with Gasteiger partial charge in [0.1, 0.15) is 11.9 Å². The fourth-order valence-electron chi connectivity index (χ4n) is 2.80. The van der Waals surface area contributed by atoms with Crippen LogP contribution in [-0.4, -0.2) is 32.8 Å². The maximum absolute atomic E-state index is 13.2. The summed E-state index contributed by atoms with van der Waals surface area (Å²) in [6.07, 6.45) is 1.57. The molecule has 29 heavy (non-hydrogen) atoms. The molecule has 150 valence electrons. The normalized spacial score (nSPS) is 11.7. The Morgan fingerprint density at radius 1 is 1.31 bits per heavy atom. The van der Waals surface area contributed by atoms with Crippen molar-refractivity contribution >= 4 is 34.7 Å². The molecule has 1 aromatic carbocycles. The van der Waals surface area contributed by atoms with Crippen molar-refractivity contribution in [3.63, 3.8) is 0 Å². The molecule has 0 aliphatic rings. The lowest BCUT2D eigenvalue weighted by Crippen LogP contribution is -2.43. The molecule has 1 N–H and O–H groups in total. The highest BCUT2D eigenvalue weighted by Gasteiger charge is 2.34. The van der Waals surface area contributed by atoms with Gasteiger partial charge in [0.2, 0.25) is 5.91 Å². The van der Waals surface area contributed by atoms with Crippen LogP contribution < -0.4 is 5.32 Å². The van der Waals surface area contributed by atoms with Crippen LogP contribution >= 0.6 is 22.9 Å². The van der Waals surface area contributed by atoms with Gasteiger partial charge in [0.25, 0.3) is 5.91 Å². The van der Waals surface area contributed by atoms with E-state index in [-0.39, 0.29) is 30.5 Å². The van der Waals surface area contributed by atoms with Crippen LogP contribution in [0.5, 0.6) is 0 Å². The van der Waals surface area contributed by atoms with E-state index in [2.05, 4.69) is 21.5 Å². The molecule has 0 saturated carbocycles. The molecule has 0 bridgehead atoms. The van der Waals surface area contributed by atoms with Gasteiger partial charge >= 0.3 is 0 Å². The molecule has 0 aliphatic carbocycles. The quantitative estimate of drug-likeness (QED) is 0.553. The second-order valence-electron chi connectivity index (χ2n) is 6.25. The Hall–Kier alpha value is -2.91. The molecule has 0 saturated heterocycles. The molecule has 3 rings (SSSR count). The van der Waals surface area contributed by atoms with Crippen molar-refractivity contribution in [2.24, 2.45) is 0 Å². The van der Waals surface area contributed by atoms with Gasteiger partial charge in [-0.2, -0.15) is 0 Å². The van der Waals surface area contributed by atoms with Crippen molar-refractivity contribution in [3.8, 4) is 0 Å². The van der Waals surface area contributed by atoms with Crippen LogP contribution in [-0.2, 0) is 11.3 Å². The SMILES string of the molecule is C=CCN(C(=O)c1csnn1)[C@H](C(=O)NCc1ccc(F)cc1)c1sccc1C. The van der Waals surface area contributed by atoms with E-state index >= 15 is 0 Å². The number of nitrogens with zero attached hydrogens (tertiary/aromatic N) is 3. The number of carbonyl (C=O) groups is 2. The van der Waals surface area contributed by atoms with E-state index in [1.807, 2.05) is 18.4 Å². The van der Waals surface area contributed by atoms with Crippen molar-refractivity contribution in [2.45, 2.75) is 19.5 Å². The highest BCUT2D eigenvalue weighted by molar-refractivity contribution is 7.10. The topological polar surface area (TPSA) is 75.2 Å². The summed E-state index contributed by atoms with van der Waals surface area (Å²) in [5.41, 5.74) is 1.85. The summed E-state index contributed by atoms with van der Waals surface area (Å²) in [6, 6.07) is 6.95. The number of amides is 2. The Balaban J connectivity index is 1.89. The first-order valence-electron chi connectivity index (χ1n) is 8.76. The molecule has 2 amide bonds. The van der Waals surface area contributed by atoms with E-state index in [1.165, 1.54) is 28.4 Å². The third kappa shape index (κ3) is 4.93. The molecule has 0 aliphatic heterocycles. The third-order valence-electron chi connectivity index (χ3n) is 4.26. The second kappa shape index (κ2) is 9.53. The zero-order valence-electron chi connectivity index (χ0n) is 15.7. The van der Waals surface area contributed by atoms with Crippen LogP contribution in [0.15, 0.2) is 53.7 Å². The van der Waals surface area contributed by atoms with Gasteiger partial charge in [0.05, 0.1) is 0 Å². The summed E-state index contributed by atoms with van der Waals surface area (Å²) >= 11 is 2.48. The smallest absolute Gasteiger partial charge is 0.276 e. The first-order chi connectivity index (χ1) is 14.0. The summed E-state index contributed by atoms with van der Waals surface area (Å²) in [5, 5.41) is 10.1. The number of thiophene rings is 1. The summed E-state index contributed by atoms with van der Waals surface area (Å²) in [4.78, 5) is 28.4. The van der Waals surface area contributed by atoms with Crippen LogP contribution in [0.2, 0.25) is 0 Å². The Morgan fingerprint density at radius 2 is 2.07 bits per heavy atom. The van der Waals surface area contributed by atoms with E-state index in [0.29, 0.717) is 0 Å². The summed E-state index contributed by atoms with van der Waals surface area (Å²) in [5.74, 6) is -1.07. The van der Waals surface area contributed by atoms with Crippen molar-refractivity contribution in [1.29, 1.82) is 0 Å². The fourth-order valence-corrected chi connectivity index (χ4v) is 4.27. The number of hydrogen-bond acceptors (Lipinski definition) is 6. The minimum Gasteiger partial charge on any atom is -0.350 e. The van der Waals surface area contributed by atoms with E-state index < -0.39 is 11.9 Å². The molecule has 3 aromatic rings. The van der Waals surface area contributed by atoms with Gasteiger partial charge in [-0.25, -0.2) is 4.39 Å². The monoisotopic (exact) mass is 430 g/mol. The lowest BCUT2D eigenvalue weighted by Gasteiger charge is -2.29. The molecule has 0 radical (unpaired) electrons. The van der Waals surface area contributed by atoms with Gasteiger partial charge < -0.3 is 10.2 Å². The Bertz CT molecular complexity index is 986. The number of benzene rings is 1. The lowest BCUT2D eigenvalue weighted by molar-refractivity contribution is -0.125. The van der Waals surface area contributed by atoms with Crippen LogP contribution in [0.1, 0.15) is 32.5 Å². The Labute approximate surface area is 175 Å². The number of nitrogens with one attached hydrogen (secondary N) is 1. The molecular weight excluding hydrogens is 411 g/mol. The molecule has 6 nitrogen and oxygen atoms in total. The van der Waals surface area contributed by atoms with Gasteiger partial charge in [-0.3, -0.25) is 9.59 Å². The number of hydrogen-bond donors (Lipinski definition) is 1. The predicted molar refractivity (Wildman–Crippen MR) is 111 cm³/mol. The maximum Gasteiger partial charge on any atom is 0.276 e. The summed E-state index contributed by atoms with van der Waals surface area (Å²) in [6.45, 7) is 6.00. The number of rotatable bonds is 8. The fraction of sp³-hybridized carbons (Fsp3) is 0.200. The molecule has 9 heteroatoms. The average Bonchev–Trinajstić information content (AvgIpc) is 3.39. The van der Waals surface area contributed by atoms with Crippen molar-refractivity contribution in [1.82, 2.24) is 19.8 Å². The molecule has 0 fully saturated rings. The third-order valence-corrected chi connectivity index (χ3v) is 5.83. The van der Waals surface area contributed by atoms with Crippen LogP contribution in [0.25, 0.3) is 0 Å². The largest absolute Gasteiger partial charge is 0.350 e. The highest BCUT2D eigenvalue weighted by Crippen LogP contribution is 2.30. The molecule has 2 heterocycles. The second-order valence-corrected chi connectivity index (χ2v) is 7.81. The van der Waals surface area contributed by atoms with Crippen LogP contribution in [0, 0.1) is 12.7 Å². The molecule has 0 spiro atoms. The van der Waals surface area contributed by atoms with Crippen LogP contribution in [0.3, 0.4) is 0 Å². The summed E-state index contributed by atoms with van der Waals surface area (Å²) < 4.78 is 16.9. The first-order valence-corrected chi connectivity index (χ1v) is 10.5. The van der Waals surface area contributed by atoms with E-state index in [0.717, 1.165) is 27.5 Å².